The monoisotopic (exact) mass is 307 g/mol. The average Bonchev–Trinajstić information content (AvgIpc) is 2.83. The Morgan fingerprint density at radius 1 is 1.27 bits per heavy atom. The first-order valence-electron chi connectivity index (χ1n) is 8.65. The number of ether oxygens (including phenoxy) is 2. The molecule has 2 aliphatic rings. The van der Waals surface area contributed by atoms with Crippen molar-refractivity contribution in [3.63, 3.8) is 0 Å². The van der Waals surface area contributed by atoms with Gasteiger partial charge in [-0.3, -0.25) is 4.79 Å². The third-order valence-electron chi connectivity index (χ3n) is 4.23. The van der Waals surface area contributed by atoms with Crippen LogP contribution in [0, 0.1) is 0 Å². The van der Waals surface area contributed by atoms with Gasteiger partial charge in [-0.1, -0.05) is 26.7 Å². The molecule has 0 amide bonds. The van der Waals surface area contributed by atoms with E-state index in [0.29, 0.717) is 6.61 Å². The van der Waals surface area contributed by atoms with Gasteiger partial charge in [-0.05, 0) is 31.4 Å². The molecule has 0 saturated carbocycles. The number of hydrogen-bond acceptors (Lipinski definition) is 4. The largest absolute Gasteiger partial charge is 0.378 e. The highest BCUT2D eigenvalue weighted by Gasteiger charge is 2.34. The number of Topliss-reactive ketones (excluding diaryl/α,β-unsaturated/α-hetero) is 1. The highest BCUT2D eigenvalue weighted by atomic mass is 16.5. The number of hydrogen-bond donors (Lipinski definition) is 0. The number of carbonyl (C=O) groups is 1. The van der Waals surface area contributed by atoms with E-state index in [1.165, 1.54) is 5.70 Å². The number of rotatable bonds is 7. The number of carbonyl (C=O) groups excluding carboxylic acids is 1. The average molecular weight is 307 g/mol. The van der Waals surface area contributed by atoms with E-state index in [9.17, 15) is 4.79 Å². The van der Waals surface area contributed by atoms with E-state index in [4.69, 9.17) is 9.47 Å². The van der Waals surface area contributed by atoms with Crippen molar-refractivity contribution >= 4 is 5.78 Å². The van der Waals surface area contributed by atoms with Crippen molar-refractivity contribution in [2.24, 2.45) is 0 Å². The number of nitrogens with zero attached hydrogens (tertiary/aromatic N) is 1. The minimum atomic E-state index is -0.163. The number of allylic oxidation sites excluding steroid dienone is 2. The molecule has 0 spiro atoms. The van der Waals surface area contributed by atoms with Crippen molar-refractivity contribution in [2.45, 2.75) is 52.6 Å². The maximum absolute atomic E-state index is 12.9. The third kappa shape index (κ3) is 3.79. The van der Waals surface area contributed by atoms with Gasteiger partial charge in [0.25, 0.3) is 0 Å². The van der Waals surface area contributed by atoms with Gasteiger partial charge in [0, 0.05) is 25.4 Å². The van der Waals surface area contributed by atoms with Gasteiger partial charge in [0.15, 0.2) is 5.78 Å². The fourth-order valence-corrected chi connectivity index (χ4v) is 3.25. The lowest BCUT2D eigenvalue weighted by molar-refractivity contribution is -0.112. The van der Waals surface area contributed by atoms with Crippen molar-refractivity contribution < 1.29 is 14.3 Å². The number of ketones is 1. The Morgan fingerprint density at radius 2 is 2.00 bits per heavy atom. The van der Waals surface area contributed by atoms with Gasteiger partial charge in [0.1, 0.15) is 6.10 Å². The molecule has 22 heavy (non-hydrogen) atoms. The summed E-state index contributed by atoms with van der Waals surface area (Å²) in [6, 6.07) is 0. The summed E-state index contributed by atoms with van der Waals surface area (Å²) in [5.74, 6) is 0.204. The topological polar surface area (TPSA) is 38.8 Å². The minimum Gasteiger partial charge on any atom is -0.378 e. The van der Waals surface area contributed by atoms with E-state index in [0.717, 1.165) is 63.1 Å². The molecule has 1 aliphatic heterocycles. The Bertz CT molecular complexity index is 447. The number of morpholine rings is 1. The van der Waals surface area contributed by atoms with Crippen molar-refractivity contribution in [1.29, 1.82) is 0 Å². The summed E-state index contributed by atoms with van der Waals surface area (Å²) in [5.41, 5.74) is 2.99. The van der Waals surface area contributed by atoms with Crippen molar-refractivity contribution in [3.8, 4) is 0 Å². The molecule has 1 unspecified atom stereocenters. The van der Waals surface area contributed by atoms with Crippen LogP contribution in [0.5, 0.6) is 0 Å². The molecule has 4 nitrogen and oxygen atoms in total. The molecule has 0 aromatic heterocycles. The van der Waals surface area contributed by atoms with E-state index in [-0.39, 0.29) is 11.9 Å². The molecule has 0 N–H and O–H groups in total. The fourth-order valence-electron chi connectivity index (χ4n) is 3.25. The zero-order valence-corrected chi connectivity index (χ0v) is 14.2. The maximum atomic E-state index is 12.9. The van der Waals surface area contributed by atoms with E-state index >= 15 is 0 Å². The summed E-state index contributed by atoms with van der Waals surface area (Å²) in [6.45, 7) is 10.1. The van der Waals surface area contributed by atoms with Crippen LogP contribution in [0.4, 0.5) is 0 Å². The standard InChI is InChI=1S/C18H29NO3/c1-4-7-14-13-16(22-6-3)17(18(14)20)15(8-5-2)19-9-11-21-12-10-19/h13,16H,4-12H2,1-3H3/b17-15-. The predicted molar refractivity (Wildman–Crippen MR) is 87.7 cm³/mol. The minimum absolute atomic E-state index is 0.163. The molecule has 4 heteroatoms. The molecule has 1 atom stereocenters. The van der Waals surface area contributed by atoms with Crippen LogP contribution in [0.25, 0.3) is 0 Å². The second-order valence-corrected chi connectivity index (χ2v) is 5.86. The van der Waals surface area contributed by atoms with Gasteiger partial charge < -0.3 is 14.4 Å². The van der Waals surface area contributed by atoms with Gasteiger partial charge in [-0.25, -0.2) is 0 Å². The Hall–Kier alpha value is -1.13. The third-order valence-corrected chi connectivity index (χ3v) is 4.23. The first-order chi connectivity index (χ1) is 10.7. The summed E-state index contributed by atoms with van der Waals surface area (Å²) in [5, 5.41) is 0. The highest BCUT2D eigenvalue weighted by Crippen LogP contribution is 2.32. The zero-order valence-electron chi connectivity index (χ0n) is 14.2. The molecule has 0 bridgehead atoms. The Kier molecular flexibility index (Phi) is 6.65. The summed E-state index contributed by atoms with van der Waals surface area (Å²) < 4.78 is 11.3. The van der Waals surface area contributed by atoms with Crippen LogP contribution in [0.1, 0.15) is 46.5 Å². The molecule has 1 saturated heterocycles. The molecule has 124 valence electrons. The maximum Gasteiger partial charge on any atom is 0.189 e. The van der Waals surface area contributed by atoms with Crippen LogP contribution in [0.3, 0.4) is 0 Å². The quantitative estimate of drug-likeness (QED) is 0.678. The molecule has 2 rings (SSSR count). The van der Waals surface area contributed by atoms with Gasteiger partial charge >= 0.3 is 0 Å². The second kappa shape index (κ2) is 8.49. The van der Waals surface area contributed by atoms with E-state index < -0.39 is 0 Å². The Balaban J connectivity index is 2.34. The Morgan fingerprint density at radius 3 is 2.59 bits per heavy atom. The normalized spacial score (nSPS) is 24.7. The van der Waals surface area contributed by atoms with Gasteiger partial charge in [0.2, 0.25) is 0 Å². The van der Waals surface area contributed by atoms with Crippen molar-refractivity contribution in [1.82, 2.24) is 4.90 Å². The molecule has 1 fully saturated rings. The summed E-state index contributed by atoms with van der Waals surface area (Å²) >= 11 is 0. The molecule has 1 heterocycles. The summed E-state index contributed by atoms with van der Waals surface area (Å²) in [7, 11) is 0. The van der Waals surface area contributed by atoms with Crippen molar-refractivity contribution in [3.05, 3.63) is 22.9 Å². The van der Waals surface area contributed by atoms with E-state index in [2.05, 4.69) is 18.7 Å². The molecule has 1 aliphatic carbocycles. The van der Waals surface area contributed by atoms with Crippen LogP contribution in [0.2, 0.25) is 0 Å². The van der Waals surface area contributed by atoms with Crippen LogP contribution in [-0.2, 0) is 14.3 Å². The smallest absolute Gasteiger partial charge is 0.189 e. The SMILES string of the molecule is CCCC1=CC(OCC)/C(=C(\CCC)N2CCOCC2)C1=O. The van der Waals surface area contributed by atoms with Gasteiger partial charge in [-0.2, -0.15) is 0 Å². The van der Waals surface area contributed by atoms with E-state index in [1.807, 2.05) is 13.0 Å². The summed E-state index contributed by atoms with van der Waals surface area (Å²) in [4.78, 5) is 15.2. The molecular formula is C18H29NO3. The lowest BCUT2D eigenvalue weighted by Gasteiger charge is -2.33. The van der Waals surface area contributed by atoms with Gasteiger partial charge in [-0.15, -0.1) is 0 Å². The molecular weight excluding hydrogens is 278 g/mol. The lowest BCUT2D eigenvalue weighted by atomic mass is 10.0. The van der Waals surface area contributed by atoms with Crippen LogP contribution >= 0.6 is 0 Å². The summed E-state index contributed by atoms with van der Waals surface area (Å²) in [6.07, 6.45) is 5.67. The van der Waals surface area contributed by atoms with Crippen molar-refractivity contribution in [2.75, 3.05) is 32.9 Å². The van der Waals surface area contributed by atoms with Crippen LogP contribution in [0.15, 0.2) is 22.9 Å². The van der Waals surface area contributed by atoms with Crippen LogP contribution in [-0.4, -0.2) is 49.7 Å². The van der Waals surface area contributed by atoms with E-state index in [1.54, 1.807) is 0 Å². The highest BCUT2D eigenvalue weighted by molar-refractivity contribution is 6.12. The Labute approximate surface area is 134 Å². The zero-order chi connectivity index (χ0) is 15.9. The molecule has 0 radical (unpaired) electrons. The first kappa shape index (κ1) is 17.2. The predicted octanol–water partition coefficient (Wildman–Crippen LogP) is 3.09. The molecule has 0 aromatic rings. The lowest BCUT2D eigenvalue weighted by Crippen LogP contribution is -2.37. The van der Waals surface area contributed by atoms with Gasteiger partial charge in [0.05, 0.1) is 18.8 Å². The second-order valence-electron chi connectivity index (χ2n) is 5.86. The molecule has 0 aromatic carbocycles. The first-order valence-corrected chi connectivity index (χ1v) is 8.65. The van der Waals surface area contributed by atoms with Crippen LogP contribution < -0.4 is 0 Å². The fraction of sp³-hybridized carbons (Fsp3) is 0.722.